The van der Waals surface area contributed by atoms with E-state index in [1.165, 1.54) is 97.6 Å². The number of fused-ring (bicyclic) bond motifs is 5. The first-order chi connectivity index (χ1) is 21.7. The summed E-state index contributed by atoms with van der Waals surface area (Å²) >= 11 is 0. The predicted octanol–water partition coefficient (Wildman–Crippen LogP) is 5.83. The summed E-state index contributed by atoms with van der Waals surface area (Å²) in [7, 11) is 0. The van der Waals surface area contributed by atoms with E-state index in [2.05, 4.69) is 116 Å². The van der Waals surface area contributed by atoms with Gasteiger partial charge in [-0.3, -0.25) is 29.4 Å². The highest BCUT2D eigenvalue weighted by molar-refractivity contribution is 5.34. The third kappa shape index (κ3) is 6.26. The lowest BCUT2D eigenvalue weighted by atomic mass is 9.74. The molecule has 6 heteroatoms. The van der Waals surface area contributed by atoms with Crippen molar-refractivity contribution in [3.05, 3.63) is 35.4 Å². The van der Waals surface area contributed by atoms with Crippen molar-refractivity contribution in [2.45, 2.75) is 141 Å². The van der Waals surface area contributed by atoms with Gasteiger partial charge in [0.25, 0.3) is 0 Å². The second-order valence-electron chi connectivity index (χ2n) is 19.1. The maximum absolute atomic E-state index is 3.14. The largest absolute Gasteiger partial charge is 0.299 e. The van der Waals surface area contributed by atoms with Crippen molar-refractivity contribution < 1.29 is 0 Å². The third-order valence-electron chi connectivity index (χ3n) is 13.6. The Labute approximate surface area is 282 Å². The van der Waals surface area contributed by atoms with Crippen LogP contribution >= 0.6 is 0 Å². The standard InChI is InChI=1S/C40H68N6/c1-38(2,3)42-20-13-19-41-22-18-32(33(41)24-42)37-28-44(40(7,8)9)26-35-31(16-12-21-45(35)37)36-27-43(39(4,5)6)25-34-30-15-11-10-14-29(30)17-23-46(34)36/h10-11,14-15,31-37H,12-13,16-28H2,1-9H3. The van der Waals surface area contributed by atoms with E-state index in [1.807, 2.05) is 0 Å². The van der Waals surface area contributed by atoms with Gasteiger partial charge in [0.05, 0.1) is 0 Å². The molecular formula is C40H68N6. The molecule has 0 aliphatic carbocycles. The average Bonchev–Trinajstić information content (AvgIpc) is 3.26. The fourth-order valence-electron chi connectivity index (χ4n) is 10.9. The first-order valence-corrected chi connectivity index (χ1v) is 19.3. The summed E-state index contributed by atoms with van der Waals surface area (Å²) in [5.74, 6) is 1.48. The zero-order chi connectivity index (χ0) is 32.6. The highest BCUT2D eigenvalue weighted by atomic mass is 15.4. The van der Waals surface area contributed by atoms with Crippen molar-refractivity contribution in [3.8, 4) is 0 Å². The van der Waals surface area contributed by atoms with E-state index in [-0.39, 0.29) is 16.6 Å². The van der Waals surface area contributed by atoms with Crippen LogP contribution in [0.3, 0.4) is 0 Å². The van der Waals surface area contributed by atoms with Gasteiger partial charge in [-0.2, -0.15) is 0 Å². The predicted molar refractivity (Wildman–Crippen MR) is 192 cm³/mol. The van der Waals surface area contributed by atoms with Gasteiger partial charge in [0, 0.05) is 86.1 Å². The zero-order valence-electron chi connectivity index (χ0n) is 31.1. The highest BCUT2D eigenvalue weighted by Crippen LogP contribution is 2.45. The molecule has 5 saturated heterocycles. The lowest BCUT2D eigenvalue weighted by Gasteiger charge is -2.61. The van der Waals surface area contributed by atoms with Crippen LogP contribution in [0, 0.1) is 11.8 Å². The number of piperazine rings is 2. The first-order valence-electron chi connectivity index (χ1n) is 19.3. The van der Waals surface area contributed by atoms with Gasteiger partial charge in [0.1, 0.15) is 0 Å². The molecule has 7 atom stereocenters. The quantitative estimate of drug-likeness (QED) is 0.406. The number of rotatable bonds is 2. The third-order valence-corrected chi connectivity index (χ3v) is 13.6. The van der Waals surface area contributed by atoms with E-state index in [1.54, 1.807) is 11.1 Å². The number of hydrogen-bond acceptors (Lipinski definition) is 6. The van der Waals surface area contributed by atoms with Crippen molar-refractivity contribution in [2.75, 3.05) is 65.4 Å². The minimum absolute atomic E-state index is 0.184. The molecule has 0 aromatic heterocycles. The molecule has 6 aliphatic rings. The monoisotopic (exact) mass is 633 g/mol. The molecule has 46 heavy (non-hydrogen) atoms. The molecule has 0 amide bonds. The van der Waals surface area contributed by atoms with E-state index in [4.69, 9.17) is 0 Å². The molecule has 7 rings (SSSR count). The van der Waals surface area contributed by atoms with Crippen molar-refractivity contribution >= 4 is 0 Å². The second-order valence-corrected chi connectivity index (χ2v) is 19.1. The molecule has 7 unspecified atom stereocenters. The van der Waals surface area contributed by atoms with Crippen LogP contribution in [-0.2, 0) is 6.42 Å². The smallest absolute Gasteiger partial charge is 0.0481 e. The van der Waals surface area contributed by atoms with Crippen molar-refractivity contribution in [1.29, 1.82) is 0 Å². The maximum atomic E-state index is 3.14. The normalized spacial score (nSPS) is 36.5. The molecule has 0 radical (unpaired) electrons. The van der Waals surface area contributed by atoms with Gasteiger partial charge in [-0.25, -0.2) is 0 Å². The van der Waals surface area contributed by atoms with Crippen molar-refractivity contribution in [3.63, 3.8) is 0 Å². The minimum Gasteiger partial charge on any atom is -0.299 e. The maximum Gasteiger partial charge on any atom is 0.0481 e. The summed E-state index contributed by atoms with van der Waals surface area (Å²) in [4.78, 5) is 17.7. The number of hydrogen-bond donors (Lipinski definition) is 0. The Morgan fingerprint density at radius 3 is 1.78 bits per heavy atom. The van der Waals surface area contributed by atoms with Crippen LogP contribution in [0.15, 0.2) is 24.3 Å². The van der Waals surface area contributed by atoms with Gasteiger partial charge in [-0.1, -0.05) is 24.3 Å². The minimum atomic E-state index is 0.184. The molecule has 0 saturated carbocycles. The molecule has 0 N–H and O–H groups in total. The second kappa shape index (κ2) is 12.4. The number of benzene rings is 1. The molecule has 5 fully saturated rings. The van der Waals surface area contributed by atoms with Gasteiger partial charge >= 0.3 is 0 Å². The van der Waals surface area contributed by atoms with Crippen LogP contribution in [0.2, 0.25) is 0 Å². The summed E-state index contributed by atoms with van der Waals surface area (Å²) in [6, 6.07) is 12.6. The zero-order valence-corrected chi connectivity index (χ0v) is 31.1. The molecule has 1 aromatic rings. The summed E-state index contributed by atoms with van der Waals surface area (Å²) < 4.78 is 0. The Hall–Kier alpha value is -1.02. The van der Waals surface area contributed by atoms with E-state index in [0.717, 1.165) is 11.8 Å². The van der Waals surface area contributed by atoms with Crippen LogP contribution in [0.5, 0.6) is 0 Å². The Balaban J connectivity index is 1.22. The Bertz CT molecular complexity index is 1210. The van der Waals surface area contributed by atoms with E-state index in [0.29, 0.717) is 30.2 Å². The molecular weight excluding hydrogens is 564 g/mol. The molecule has 0 spiro atoms. The summed E-state index contributed by atoms with van der Waals surface area (Å²) in [6.07, 6.45) is 6.66. The topological polar surface area (TPSA) is 19.4 Å². The van der Waals surface area contributed by atoms with Crippen LogP contribution in [0.25, 0.3) is 0 Å². The molecule has 258 valence electrons. The fraction of sp³-hybridized carbons (Fsp3) is 0.850. The number of nitrogens with zero attached hydrogens (tertiary/aromatic N) is 6. The van der Waals surface area contributed by atoms with E-state index in [9.17, 15) is 0 Å². The van der Waals surface area contributed by atoms with Gasteiger partial charge in [-0.15, -0.1) is 0 Å². The lowest BCUT2D eigenvalue weighted by Crippen LogP contribution is -2.72. The van der Waals surface area contributed by atoms with Gasteiger partial charge in [0.2, 0.25) is 0 Å². The summed E-state index contributed by atoms with van der Waals surface area (Å²) in [5.41, 5.74) is 3.83. The summed E-state index contributed by atoms with van der Waals surface area (Å²) in [5, 5.41) is 0. The Kier molecular flexibility index (Phi) is 9.02. The van der Waals surface area contributed by atoms with Crippen LogP contribution in [0.4, 0.5) is 0 Å². The van der Waals surface area contributed by atoms with Crippen molar-refractivity contribution in [1.82, 2.24) is 29.4 Å². The van der Waals surface area contributed by atoms with Gasteiger partial charge in [-0.05, 0) is 144 Å². The highest BCUT2D eigenvalue weighted by Gasteiger charge is 2.53. The average molecular weight is 633 g/mol. The van der Waals surface area contributed by atoms with Crippen LogP contribution in [-0.4, -0.2) is 136 Å². The van der Waals surface area contributed by atoms with E-state index >= 15 is 0 Å². The SMILES string of the molecule is CC(C)(C)N1CCCN2CCC(C3CN(C(C)(C)C)CC4C(C5CN(C(C)(C)C)CC6c7ccccc7CCN65)CCCN34)C2C1. The molecule has 6 nitrogen and oxygen atoms in total. The molecule has 6 aliphatic heterocycles. The molecule has 0 bridgehead atoms. The number of piperidine rings is 1. The summed E-state index contributed by atoms with van der Waals surface area (Å²) in [6.45, 7) is 34.7. The van der Waals surface area contributed by atoms with E-state index < -0.39 is 0 Å². The van der Waals surface area contributed by atoms with Crippen LogP contribution < -0.4 is 0 Å². The molecule has 6 heterocycles. The van der Waals surface area contributed by atoms with Gasteiger partial charge < -0.3 is 0 Å². The van der Waals surface area contributed by atoms with Crippen LogP contribution in [0.1, 0.15) is 105 Å². The van der Waals surface area contributed by atoms with Crippen molar-refractivity contribution in [2.24, 2.45) is 11.8 Å². The fourth-order valence-corrected chi connectivity index (χ4v) is 10.9. The Morgan fingerprint density at radius 2 is 1.11 bits per heavy atom. The molecule has 1 aromatic carbocycles. The lowest BCUT2D eigenvalue weighted by molar-refractivity contribution is -0.115. The van der Waals surface area contributed by atoms with Gasteiger partial charge in [0.15, 0.2) is 0 Å². The first kappa shape index (κ1) is 33.5. The Morgan fingerprint density at radius 1 is 0.522 bits per heavy atom.